The zero-order valence-electron chi connectivity index (χ0n) is 19.5. The fourth-order valence-corrected chi connectivity index (χ4v) is 3.87. The third kappa shape index (κ3) is 7.33. The highest BCUT2D eigenvalue weighted by molar-refractivity contribution is 5.79. The van der Waals surface area contributed by atoms with E-state index in [4.69, 9.17) is 4.74 Å². The lowest BCUT2D eigenvalue weighted by molar-refractivity contribution is -0.132. The Hall–Kier alpha value is -2.04. The summed E-state index contributed by atoms with van der Waals surface area (Å²) >= 11 is 0. The van der Waals surface area contributed by atoms with Gasteiger partial charge < -0.3 is 15.0 Å². The third-order valence-electron chi connectivity index (χ3n) is 6.07. The van der Waals surface area contributed by atoms with Crippen LogP contribution in [0.4, 0.5) is 0 Å². The van der Waals surface area contributed by atoms with Crippen molar-refractivity contribution in [2.24, 2.45) is 5.92 Å². The Balaban J connectivity index is 1.65. The van der Waals surface area contributed by atoms with Crippen LogP contribution in [0.2, 0.25) is 0 Å². The minimum Gasteiger partial charge on any atom is -0.494 e. The van der Waals surface area contributed by atoms with Gasteiger partial charge in [-0.2, -0.15) is 0 Å². The number of hydrogen-bond donors (Lipinski definition) is 1. The van der Waals surface area contributed by atoms with Crippen molar-refractivity contribution in [2.45, 2.75) is 84.6 Å². The van der Waals surface area contributed by atoms with Gasteiger partial charge in [-0.05, 0) is 55.2 Å². The lowest BCUT2D eigenvalue weighted by Gasteiger charge is -2.33. The highest BCUT2D eigenvalue weighted by Crippen LogP contribution is 2.24. The molecule has 1 aliphatic heterocycles. The minimum atomic E-state index is 0.106. The topological polar surface area (TPSA) is 58.6 Å². The van der Waals surface area contributed by atoms with Crippen LogP contribution in [0.25, 0.3) is 0 Å². The zero-order valence-corrected chi connectivity index (χ0v) is 19.5. The first-order valence-corrected chi connectivity index (χ1v) is 11.6. The fraction of sp³-hybridized carbons (Fsp3) is 0.680. The molecule has 2 amide bonds. The van der Waals surface area contributed by atoms with Crippen molar-refractivity contribution >= 4 is 11.8 Å². The highest BCUT2D eigenvalue weighted by atomic mass is 16.5. The Morgan fingerprint density at radius 3 is 2.23 bits per heavy atom. The lowest BCUT2D eigenvalue weighted by Crippen LogP contribution is -2.47. The molecule has 5 heteroatoms. The van der Waals surface area contributed by atoms with E-state index >= 15 is 0 Å². The molecule has 0 saturated carbocycles. The monoisotopic (exact) mass is 416 g/mol. The van der Waals surface area contributed by atoms with Crippen LogP contribution in [0.15, 0.2) is 24.3 Å². The van der Waals surface area contributed by atoms with Gasteiger partial charge in [0, 0.05) is 31.5 Å². The van der Waals surface area contributed by atoms with Gasteiger partial charge in [0.2, 0.25) is 11.8 Å². The first kappa shape index (κ1) is 24.2. The molecule has 0 aliphatic carbocycles. The maximum atomic E-state index is 12.5. The molecule has 1 fully saturated rings. The second-order valence-corrected chi connectivity index (χ2v) is 9.40. The average Bonchev–Trinajstić information content (AvgIpc) is 2.72. The maximum Gasteiger partial charge on any atom is 0.223 e. The number of nitrogens with one attached hydrogen (secondary N) is 1. The molecular weight excluding hydrogens is 376 g/mol. The molecule has 1 aromatic rings. The van der Waals surface area contributed by atoms with Crippen LogP contribution in [0, 0.1) is 5.92 Å². The maximum absolute atomic E-state index is 12.5. The number of ether oxygens (including phenoxy) is 1. The number of carbonyl (C=O) groups is 2. The first-order chi connectivity index (χ1) is 14.2. The molecule has 0 unspecified atom stereocenters. The molecular formula is C25H40N2O3. The van der Waals surface area contributed by atoms with Gasteiger partial charge in [0.25, 0.3) is 0 Å². The van der Waals surface area contributed by atoms with Crippen molar-refractivity contribution in [3.63, 3.8) is 0 Å². The normalized spacial score (nSPS) is 15.3. The molecule has 2 rings (SSSR count). The van der Waals surface area contributed by atoms with E-state index in [1.165, 1.54) is 5.56 Å². The molecule has 0 spiro atoms. The molecule has 5 nitrogen and oxygen atoms in total. The van der Waals surface area contributed by atoms with E-state index in [9.17, 15) is 9.59 Å². The molecule has 0 radical (unpaired) electrons. The number of likely N-dealkylation sites (tertiary alicyclic amines) is 1. The summed E-state index contributed by atoms with van der Waals surface area (Å²) in [5, 5.41) is 3.17. The average molecular weight is 417 g/mol. The van der Waals surface area contributed by atoms with Gasteiger partial charge in [0.05, 0.1) is 6.61 Å². The Bertz CT molecular complexity index is 667. The van der Waals surface area contributed by atoms with Crippen molar-refractivity contribution in [1.82, 2.24) is 10.2 Å². The van der Waals surface area contributed by atoms with Gasteiger partial charge in [-0.15, -0.1) is 0 Å². The van der Waals surface area contributed by atoms with Crippen LogP contribution in [0.1, 0.15) is 78.7 Å². The van der Waals surface area contributed by atoms with Crippen molar-refractivity contribution in [3.8, 4) is 5.75 Å². The van der Waals surface area contributed by atoms with Gasteiger partial charge >= 0.3 is 0 Å². The largest absolute Gasteiger partial charge is 0.494 e. The Kier molecular flexibility index (Phi) is 9.19. The number of hydrogen-bond acceptors (Lipinski definition) is 3. The number of amides is 2. The van der Waals surface area contributed by atoms with Crippen LogP contribution in [0.5, 0.6) is 5.75 Å². The summed E-state index contributed by atoms with van der Waals surface area (Å²) in [7, 11) is 0. The number of rotatable bonds is 9. The quantitative estimate of drug-likeness (QED) is 0.594. The molecule has 0 bridgehead atoms. The third-order valence-corrected chi connectivity index (χ3v) is 6.07. The second-order valence-electron chi connectivity index (χ2n) is 9.40. The SMILES string of the molecule is CCC(CC)C(=O)NC1CCN(C(=O)CCCOc2ccc(C(C)(C)C)cc2)CC1. The second kappa shape index (κ2) is 11.4. The molecule has 1 aliphatic rings. The number of piperidine rings is 1. The van der Waals surface area contributed by atoms with Crippen LogP contribution >= 0.6 is 0 Å². The summed E-state index contributed by atoms with van der Waals surface area (Å²) in [6.07, 6.45) is 4.66. The van der Waals surface area contributed by atoms with Crippen LogP contribution in [-0.4, -0.2) is 42.5 Å². The summed E-state index contributed by atoms with van der Waals surface area (Å²) in [5.74, 6) is 1.31. The van der Waals surface area contributed by atoms with Gasteiger partial charge in [-0.3, -0.25) is 9.59 Å². The van der Waals surface area contributed by atoms with Crippen molar-refractivity contribution in [1.29, 1.82) is 0 Å². The van der Waals surface area contributed by atoms with Gasteiger partial charge in [0.15, 0.2) is 0 Å². The molecule has 1 aromatic carbocycles. The van der Waals surface area contributed by atoms with Gasteiger partial charge in [-0.1, -0.05) is 46.8 Å². The summed E-state index contributed by atoms with van der Waals surface area (Å²) in [5.41, 5.74) is 1.42. The van der Waals surface area contributed by atoms with Crippen LogP contribution < -0.4 is 10.1 Å². The van der Waals surface area contributed by atoms with Crippen molar-refractivity contribution in [2.75, 3.05) is 19.7 Å². The molecule has 0 atom stereocenters. The first-order valence-electron chi connectivity index (χ1n) is 11.6. The predicted molar refractivity (Wildman–Crippen MR) is 122 cm³/mol. The van der Waals surface area contributed by atoms with Crippen molar-refractivity contribution < 1.29 is 14.3 Å². The Labute approximate surface area is 182 Å². The van der Waals surface area contributed by atoms with E-state index in [0.29, 0.717) is 19.4 Å². The molecule has 30 heavy (non-hydrogen) atoms. The molecule has 168 valence electrons. The molecule has 0 aromatic heterocycles. The number of benzene rings is 1. The van der Waals surface area contributed by atoms with E-state index in [1.807, 2.05) is 17.0 Å². The summed E-state index contributed by atoms with van der Waals surface area (Å²) in [6.45, 7) is 12.7. The van der Waals surface area contributed by atoms with Gasteiger partial charge in [0.1, 0.15) is 5.75 Å². The molecule has 1 heterocycles. The van der Waals surface area contributed by atoms with E-state index in [-0.39, 0.29) is 29.2 Å². The number of nitrogens with zero attached hydrogens (tertiary/aromatic N) is 1. The van der Waals surface area contributed by atoms with E-state index in [2.05, 4.69) is 52.1 Å². The lowest BCUT2D eigenvalue weighted by atomic mass is 9.87. The van der Waals surface area contributed by atoms with Crippen molar-refractivity contribution in [3.05, 3.63) is 29.8 Å². The van der Waals surface area contributed by atoms with E-state index in [1.54, 1.807) is 0 Å². The summed E-state index contributed by atoms with van der Waals surface area (Å²) in [6, 6.07) is 8.41. The molecule has 1 saturated heterocycles. The highest BCUT2D eigenvalue weighted by Gasteiger charge is 2.25. The predicted octanol–water partition coefficient (Wildman–Crippen LogP) is 4.69. The summed E-state index contributed by atoms with van der Waals surface area (Å²) < 4.78 is 5.80. The van der Waals surface area contributed by atoms with E-state index < -0.39 is 0 Å². The fourth-order valence-electron chi connectivity index (χ4n) is 3.87. The zero-order chi connectivity index (χ0) is 22.1. The molecule has 1 N–H and O–H groups in total. The Morgan fingerprint density at radius 2 is 1.70 bits per heavy atom. The van der Waals surface area contributed by atoms with E-state index in [0.717, 1.165) is 44.5 Å². The van der Waals surface area contributed by atoms with Crippen LogP contribution in [0.3, 0.4) is 0 Å². The summed E-state index contributed by atoms with van der Waals surface area (Å²) in [4.78, 5) is 26.6. The smallest absolute Gasteiger partial charge is 0.223 e. The minimum absolute atomic E-state index is 0.106. The number of carbonyl (C=O) groups excluding carboxylic acids is 2. The Morgan fingerprint density at radius 1 is 1.10 bits per heavy atom. The van der Waals surface area contributed by atoms with Crippen LogP contribution in [-0.2, 0) is 15.0 Å². The van der Waals surface area contributed by atoms with Gasteiger partial charge in [-0.25, -0.2) is 0 Å². The standard InChI is InChI=1S/C25H40N2O3/c1-6-19(7-2)24(29)26-21-14-16-27(17-15-21)23(28)9-8-18-30-22-12-10-20(11-13-22)25(3,4)5/h10-13,19,21H,6-9,14-18H2,1-5H3,(H,26,29).